The van der Waals surface area contributed by atoms with Gasteiger partial charge in [-0.2, -0.15) is 0 Å². The van der Waals surface area contributed by atoms with Crippen LogP contribution < -0.4 is 0 Å². The Morgan fingerprint density at radius 3 is 2.47 bits per heavy atom. The molecule has 0 heterocycles. The normalized spacial score (nSPS) is 13.5. The summed E-state index contributed by atoms with van der Waals surface area (Å²) in [7, 11) is 2.12. The van der Waals surface area contributed by atoms with Gasteiger partial charge in [-0.15, -0.1) is 6.42 Å². The minimum atomic E-state index is 0.489. The van der Waals surface area contributed by atoms with Crippen molar-refractivity contribution in [2.45, 2.75) is 27.7 Å². The van der Waals surface area contributed by atoms with E-state index in [4.69, 9.17) is 6.42 Å². The maximum Gasteiger partial charge on any atom is 0.0190 e. The molecule has 0 saturated heterocycles. The first kappa shape index (κ1) is 14.0. The van der Waals surface area contributed by atoms with E-state index in [2.05, 4.69) is 51.6 Å². The van der Waals surface area contributed by atoms with Crippen molar-refractivity contribution < 1.29 is 0 Å². The Bertz CT molecular complexity index is 276. The average Bonchev–Trinajstić information content (AvgIpc) is 2.16. The summed E-state index contributed by atoms with van der Waals surface area (Å²) in [6.45, 7) is 10.7. The highest BCUT2D eigenvalue weighted by Gasteiger charge is 2.01. The van der Waals surface area contributed by atoms with Gasteiger partial charge in [0.05, 0.1) is 0 Å². The van der Waals surface area contributed by atoms with Crippen molar-refractivity contribution in [2.75, 3.05) is 20.1 Å². The molecule has 0 bridgehead atoms. The molecule has 0 atom stereocenters. The van der Waals surface area contributed by atoms with E-state index in [1.165, 1.54) is 11.1 Å². The average molecular weight is 205 g/mol. The zero-order valence-corrected chi connectivity index (χ0v) is 10.7. The van der Waals surface area contributed by atoms with Gasteiger partial charge in [0.15, 0.2) is 0 Å². The van der Waals surface area contributed by atoms with E-state index < -0.39 is 0 Å². The second-order valence-electron chi connectivity index (χ2n) is 4.29. The van der Waals surface area contributed by atoms with Crippen molar-refractivity contribution in [1.29, 1.82) is 0 Å². The molecule has 0 fully saturated rings. The van der Waals surface area contributed by atoms with E-state index in [0.717, 1.165) is 13.1 Å². The van der Waals surface area contributed by atoms with Gasteiger partial charge in [-0.05, 0) is 38.1 Å². The Balaban J connectivity index is 4.57. The first-order valence-corrected chi connectivity index (χ1v) is 5.53. The maximum absolute atomic E-state index is 5.30. The minimum Gasteiger partial charge on any atom is -0.303 e. The molecular weight excluding hydrogens is 182 g/mol. The first-order chi connectivity index (χ1) is 7.01. The molecule has 0 aliphatic rings. The molecular formula is C14H23N. The molecule has 0 aliphatic heterocycles. The van der Waals surface area contributed by atoms with Crippen molar-refractivity contribution in [3.63, 3.8) is 0 Å². The van der Waals surface area contributed by atoms with Gasteiger partial charge < -0.3 is 4.90 Å². The molecule has 15 heavy (non-hydrogen) atoms. The fourth-order valence-corrected chi connectivity index (χ4v) is 1.34. The Labute approximate surface area is 94.9 Å². The molecule has 0 aromatic heterocycles. The fourth-order valence-electron chi connectivity index (χ4n) is 1.34. The summed E-state index contributed by atoms with van der Waals surface area (Å²) >= 11 is 0. The molecule has 0 saturated carbocycles. The molecule has 0 N–H and O–H groups in total. The van der Waals surface area contributed by atoms with Crippen LogP contribution >= 0.6 is 0 Å². The summed E-state index contributed by atoms with van der Waals surface area (Å²) < 4.78 is 0. The number of allylic oxidation sites excluding steroid dienone is 3. The van der Waals surface area contributed by atoms with Gasteiger partial charge in [0.25, 0.3) is 0 Å². The van der Waals surface area contributed by atoms with Crippen LogP contribution in [-0.4, -0.2) is 25.0 Å². The van der Waals surface area contributed by atoms with Crippen LogP contribution in [0.5, 0.6) is 0 Å². The van der Waals surface area contributed by atoms with Gasteiger partial charge in [0, 0.05) is 6.54 Å². The Morgan fingerprint density at radius 1 is 1.47 bits per heavy atom. The zero-order chi connectivity index (χ0) is 11.8. The van der Waals surface area contributed by atoms with E-state index in [0.29, 0.717) is 5.92 Å². The zero-order valence-electron chi connectivity index (χ0n) is 10.7. The van der Waals surface area contributed by atoms with Crippen LogP contribution in [0.25, 0.3) is 0 Å². The SMILES string of the molecule is C#C/C=C(\C=C(\C)CN(C)CC)C(C)C. The van der Waals surface area contributed by atoms with Gasteiger partial charge in [0.2, 0.25) is 0 Å². The first-order valence-electron chi connectivity index (χ1n) is 5.53. The van der Waals surface area contributed by atoms with E-state index >= 15 is 0 Å². The van der Waals surface area contributed by atoms with Crippen LogP contribution in [0.3, 0.4) is 0 Å². The monoisotopic (exact) mass is 205 g/mol. The lowest BCUT2D eigenvalue weighted by atomic mass is 10.0. The molecule has 0 rings (SSSR count). The number of hydrogen-bond donors (Lipinski definition) is 0. The number of hydrogen-bond acceptors (Lipinski definition) is 1. The topological polar surface area (TPSA) is 3.24 Å². The summed E-state index contributed by atoms with van der Waals surface area (Å²) in [5.74, 6) is 3.09. The van der Waals surface area contributed by atoms with E-state index in [1.54, 1.807) is 0 Å². The third kappa shape index (κ3) is 6.14. The Hall–Kier alpha value is -1.00. The van der Waals surface area contributed by atoms with Crippen LogP contribution in [0.15, 0.2) is 23.3 Å². The molecule has 0 spiro atoms. The second kappa shape index (κ2) is 7.31. The summed E-state index contributed by atoms with van der Waals surface area (Å²) in [5, 5.41) is 0. The summed E-state index contributed by atoms with van der Waals surface area (Å²) in [5.41, 5.74) is 2.59. The van der Waals surface area contributed by atoms with Crippen LogP contribution in [0.4, 0.5) is 0 Å². The van der Waals surface area contributed by atoms with Crippen LogP contribution in [-0.2, 0) is 0 Å². The fraction of sp³-hybridized carbons (Fsp3) is 0.571. The van der Waals surface area contributed by atoms with Crippen LogP contribution in [0, 0.1) is 18.3 Å². The number of terminal acetylenes is 1. The lowest BCUT2D eigenvalue weighted by Gasteiger charge is -2.15. The quantitative estimate of drug-likeness (QED) is 0.492. The molecule has 0 aromatic rings. The number of rotatable bonds is 5. The molecule has 1 nitrogen and oxygen atoms in total. The third-order valence-corrected chi connectivity index (χ3v) is 2.39. The lowest BCUT2D eigenvalue weighted by molar-refractivity contribution is 0.383. The standard InChI is InChI=1S/C14H23N/c1-7-9-14(12(3)4)10-13(5)11-15(6)8-2/h1,9-10,12H,8,11H2,2-6H3/b13-10-,14-9+. The Morgan fingerprint density at radius 2 is 2.07 bits per heavy atom. The van der Waals surface area contributed by atoms with Gasteiger partial charge in [-0.25, -0.2) is 0 Å². The molecule has 0 amide bonds. The van der Waals surface area contributed by atoms with Crippen LogP contribution in [0.1, 0.15) is 27.7 Å². The Kier molecular flexibility index (Phi) is 6.83. The number of likely N-dealkylation sites (N-methyl/N-ethyl adjacent to an activating group) is 1. The van der Waals surface area contributed by atoms with E-state index in [1.807, 2.05) is 6.08 Å². The van der Waals surface area contributed by atoms with Gasteiger partial charge in [0.1, 0.15) is 0 Å². The highest BCUT2D eigenvalue weighted by molar-refractivity contribution is 5.31. The van der Waals surface area contributed by atoms with Gasteiger partial charge in [-0.1, -0.05) is 38.3 Å². The van der Waals surface area contributed by atoms with E-state index in [9.17, 15) is 0 Å². The minimum absolute atomic E-state index is 0.489. The van der Waals surface area contributed by atoms with E-state index in [-0.39, 0.29) is 0 Å². The third-order valence-electron chi connectivity index (χ3n) is 2.39. The molecule has 0 aromatic carbocycles. The largest absolute Gasteiger partial charge is 0.303 e. The summed E-state index contributed by atoms with van der Waals surface area (Å²) in [6, 6.07) is 0. The molecule has 1 heteroatoms. The highest BCUT2D eigenvalue weighted by Crippen LogP contribution is 2.13. The highest BCUT2D eigenvalue weighted by atomic mass is 15.1. The molecule has 84 valence electrons. The van der Waals surface area contributed by atoms with Crippen molar-refractivity contribution in [1.82, 2.24) is 4.90 Å². The van der Waals surface area contributed by atoms with Crippen molar-refractivity contribution in [2.24, 2.45) is 5.92 Å². The smallest absolute Gasteiger partial charge is 0.0190 e. The maximum atomic E-state index is 5.30. The number of nitrogens with zero attached hydrogens (tertiary/aromatic N) is 1. The molecule has 0 unspecified atom stereocenters. The van der Waals surface area contributed by atoms with Crippen molar-refractivity contribution in [3.8, 4) is 12.3 Å². The van der Waals surface area contributed by atoms with Gasteiger partial charge >= 0.3 is 0 Å². The van der Waals surface area contributed by atoms with Crippen molar-refractivity contribution >= 4 is 0 Å². The second-order valence-corrected chi connectivity index (χ2v) is 4.29. The molecule has 0 radical (unpaired) electrons. The lowest BCUT2D eigenvalue weighted by Crippen LogP contribution is -2.19. The van der Waals surface area contributed by atoms with Crippen LogP contribution in [0.2, 0.25) is 0 Å². The van der Waals surface area contributed by atoms with Gasteiger partial charge in [-0.3, -0.25) is 0 Å². The summed E-state index contributed by atoms with van der Waals surface area (Å²) in [6.07, 6.45) is 9.37. The van der Waals surface area contributed by atoms with Crippen molar-refractivity contribution in [3.05, 3.63) is 23.3 Å². The summed E-state index contributed by atoms with van der Waals surface area (Å²) in [4.78, 5) is 2.28. The molecule has 0 aliphatic carbocycles. The predicted octanol–water partition coefficient (Wildman–Crippen LogP) is 3.10. The predicted molar refractivity (Wildman–Crippen MR) is 68.7 cm³/mol.